The van der Waals surface area contributed by atoms with E-state index in [-0.39, 0.29) is 6.07 Å². The smallest absolute Gasteiger partial charge is 0.481 e. The fourth-order valence-corrected chi connectivity index (χ4v) is 1.19. The zero-order valence-electron chi connectivity index (χ0n) is 9.37. The molecule has 1 heterocycles. The van der Waals surface area contributed by atoms with E-state index in [4.69, 9.17) is 0 Å². The molecule has 6 nitrogen and oxygen atoms in total. The normalized spacial score (nSPS) is 12.2. The molecule has 112 valence electrons. The molecule has 20 heavy (non-hydrogen) atoms. The third-order valence-electron chi connectivity index (χ3n) is 1.84. The topological polar surface area (TPSA) is 74.5 Å². The van der Waals surface area contributed by atoms with Gasteiger partial charge in [0.15, 0.2) is 5.56 Å². The number of rotatable bonds is 3. The maximum Gasteiger partial charge on any atom is 0.574 e. The highest BCUT2D eigenvalue weighted by atomic mass is 19.4. The second kappa shape index (κ2) is 5.02. The minimum absolute atomic E-state index is 0.242. The van der Waals surface area contributed by atoms with Gasteiger partial charge in [-0.15, -0.1) is 13.2 Å². The fraction of sp³-hybridized carbons (Fsp3) is 0.375. The first-order valence-corrected chi connectivity index (χ1v) is 4.52. The average molecular weight is 306 g/mol. The van der Waals surface area contributed by atoms with Gasteiger partial charge >= 0.3 is 12.5 Å². The Kier molecular flexibility index (Phi) is 3.96. The number of pyridine rings is 1. The lowest BCUT2D eigenvalue weighted by molar-refractivity contribution is -0.388. The van der Waals surface area contributed by atoms with Crippen LogP contribution in [0.25, 0.3) is 0 Å². The fourth-order valence-electron chi connectivity index (χ4n) is 1.19. The van der Waals surface area contributed by atoms with Crippen molar-refractivity contribution >= 4 is 5.69 Å². The van der Waals surface area contributed by atoms with E-state index in [2.05, 4.69) is 14.5 Å². The van der Waals surface area contributed by atoms with Crippen LogP contribution in [0.2, 0.25) is 0 Å². The molecule has 0 amide bonds. The number of hydrogen-bond acceptors (Lipinski definition) is 5. The molecule has 1 rings (SSSR count). The quantitative estimate of drug-likeness (QED) is 0.487. The molecule has 0 aliphatic heterocycles. The first kappa shape index (κ1) is 15.8. The van der Waals surface area contributed by atoms with Crippen molar-refractivity contribution in [2.45, 2.75) is 12.5 Å². The average Bonchev–Trinajstić information content (AvgIpc) is 2.23. The minimum Gasteiger partial charge on any atom is -0.481 e. The summed E-state index contributed by atoms with van der Waals surface area (Å²) in [6.07, 6.45) is -11.0. The van der Waals surface area contributed by atoms with Crippen molar-refractivity contribution in [2.75, 3.05) is 7.11 Å². The molecule has 1 aromatic heterocycles. The highest BCUT2D eigenvalue weighted by Gasteiger charge is 2.46. The lowest BCUT2D eigenvalue weighted by atomic mass is 10.2. The summed E-state index contributed by atoms with van der Waals surface area (Å²) in [5, 5.41) is 10.5. The molecule has 0 saturated carbocycles. The van der Waals surface area contributed by atoms with Crippen molar-refractivity contribution in [3.05, 3.63) is 21.7 Å². The Morgan fingerprint density at radius 2 is 1.80 bits per heavy atom. The van der Waals surface area contributed by atoms with Crippen LogP contribution in [0.3, 0.4) is 0 Å². The van der Waals surface area contributed by atoms with Crippen LogP contribution in [-0.4, -0.2) is 23.4 Å². The van der Waals surface area contributed by atoms with E-state index in [0.29, 0.717) is 0 Å². The lowest BCUT2D eigenvalue weighted by Crippen LogP contribution is -2.22. The number of nitro groups is 1. The van der Waals surface area contributed by atoms with E-state index in [1.54, 1.807) is 0 Å². The van der Waals surface area contributed by atoms with Crippen molar-refractivity contribution in [2.24, 2.45) is 0 Å². The van der Waals surface area contributed by atoms with Crippen LogP contribution in [0.4, 0.5) is 32.0 Å². The Labute approximate surface area is 106 Å². The number of nitrogens with zero attached hydrogens (tertiary/aromatic N) is 2. The molecular weight excluding hydrogens is 302 g/mol. The lowest BCUT2D eigenvalue weighted by Gasteiger charge is -2.15. The first-order valence-electron chi connectivity index (χ1n) is 4.52. The zero-order chi connectivity index (χ0) is 15.7. The predicted octanol–water partition coefficient (Wildman–Crippen LogP) is 2.92. The SMILES string of the molecule is COc1cc([N+](=O)[O-])c(C(F)(F)F)c(OC(F)(F)F)n1. The summed E-state index contributed by atoms with van der Waals surface area (Å²) >= 11 is 0. The Balaban J connectivity index is 3.60. The third kappa shape index (κ3) is 3.61. The van der Waals surface area contributed by atoms with Crippen molar-refractivity contribution in [1.29, 1.82) is 0 Å². The molecular formula is C8H4F6N2O4. The molecule has 0 fully saturated rings. The van der Waals surface area contributed by atoms with Gasteiger partial charge in [0.2, 0.25) is 11.8 Å². The van der Waals surface area contributed by atoms with Crippen LogP contribution in [0.1, 0.15) is 5.56 Å². The number of hydrogen-bond donors (Lipinski definition) is 0. The summed E-state index contributed by atoms with van der Waals surface area (Å²) < 4.78 is 81.4. The number of aromatic nitrogens is 1. The molecule has 1 aromatic rings. The van der Waals surface area contributed by atoms with Gasteiger partial charge in [0.1, 0.15) is 0 Å². The molecule has 0 unspecified atom stereocenters. The van der Waals surface area contributed by atoms with Crippen molar-refractivity contribution in [1.82, 2.24) is 4.98 Å². The van der Waals surface area contributed by atoms with E-state index in [1.165, 1.54) is 0 Å². The van der Waals surface area contributed by atoms with Crippen LogP contribution >= 0.6 is 0 Å². The monoisotopic (exact) mass is 306 g/mol. The maximum atomic E-state index is 12.6. The van der Waals surface area contributed by atoms with Gasteiger partial charge in [-0.1, -0.05) is 0 Å². The zero-order valence-corrected chi connectivity index (χ0v) is 9.37. The van der Waals surface area contributed by atoms with Crippen LogP contribution in [0, 0.1) is 10.1 Å². The maximum absolute atomic E-state index is 12.6. The van der Waals surface area contributed by atoms with Crippen LogP contribution in [-0.2, 0) is 6.18 Å². The second-order valence-corrected chi connectivity index (χ2v) is 3.17. The molecule has 0 aromatic carbocycles. The first-order chi connectivity index (χ1) is 8.95. The van der Waals surface area contributed by atoms with E-state index < -0.39 is 40.5 Å². The summed E-state index contributed by atoms with van der Waals surface area (Å²) in [6, 6.07) is 0.242. The molecule has 0 N–H and O–H groups in total. The molecule has 0 spiro atoms. The summed E-state index contributed by atoms with van der Waals surface area (Å²) in [7, 11) is 0.858. The van der Waals surface area contributed by atoms with Crippen LogP contribution in [0.15, 0.2) is 6.07 Å². The van der Waals surface area contributed by atoms with E-state index in [0.717, 1.165) is 7.11 Å². The molecule has 0 aliphatic carbocycles. The minimum atomic E-state index is -5.51. The Hall–Kier alpha value is -2.27. The molecule has 12 heteroatoms. The largest absolute Gasteiger partial charge is 0.574 e. The number of methoxy groups -OCH3 is 1. The molecule has 0 radical (unpaired) electrons. The van der Waals surface area contributed by atoms with Crippen molar-refractivity contribution in [3.63, 3.8) is 0 Å². The van der Waals surface area contributed by atoms with Gasteiger partial charge < -0.3 is 9.47 Å². The van der Waals surface area contributed by atoms with Gasteiger partial charge in [0.05, 0.1) is 18.1 Å². The number of halogens is 6. The van der Waals surface area contributed by atoms with Gasteiger partial charge in [-0.25, -0.2) is 0 Å². The van der Waals surface area contributed by atoms with E-state index in [1.807, 2.05) is 0 Å². The number of ether oxygens (including phenoxy) is 2. The van der Waals surface area contributed by atoms with Crippen LogP contribution in [0.5, 0.6) is 11.8 Å². The second-order valence-electron chi connectivity index (χ2n) is 3.17. The summed E-state index contributed by atoms with van der Waals surface area (Å²) in [5.74, 6) is -2.83. The molecule has 0 aliphatic rings. The summed E-state index contributed by atoms with van der Waals surface area (Å²) in [5.41, 5.74) is -3.91. The predicted molar refractivity (Wildman–Crippen MR) is 49.1 cm³/mol. The highest BCUT2D eigenvalue weighted by Crippen LogP contribution is 2.44. The van der Waals surface area contributed by atoms with Crippen molar-refractivity contribution in [3.8, 4) is 11.8 Å². The molecule has 0 atom stereocenters. The van der Waals surface area contributed by atoms with E-state index >= 15 is 0 Å². The van der Waals surface area contributed by atoms with Gasteiger partial charge in [-0.3, -0.25) is 10.1 Å². The van der Waals surface area contributed by atoms with Crippen LogP contribution < -0.4 is 9.47 Å². The number of alkyl halides is 6. The van der Waals surface area contributed by atoms with Crippen molar-refractivity contribution < 1.29 is 40.7 Å². The highest BCUT2D eigenvalue weighted by molar-refractivity contribution is 5.50. The Morgan fingerprint density at radius 1 is 1.25 bits per heavy atom. The Morgan fingerprint density at radius 3 is 2.15 bits per heavy atom. The summed E-state index contributed by atoms with van der Waals surface area (Å²) in [4.78, 5) is 11.8. The third-order valence-corrected chi connectivity index (χ3v) is 1.84. The van der Waals surface area contributed by atoms with Gasteiger partial charge in [0, 0.05) is 0 Å². The molecule has 0 saturated heterocycles. The summed E-state index contributed by atoms with van der Waals surface area (Å²) in [6.45, 7) is 0. The van der Waals surface area contributed by atoms with Gasteiger partial charge in [-0.05, 0) is 0 Å². The Bertz CT molecular complexity index is 527. The standard InChI is InChI=1S/C8H4F6N2O4/c1-19-4-2-3(16(17)18)5(7(9,10)11)6(15-4)20-8(12,13)14/h2H,1H3. The van der Waals surface area contributed by atoms with Gasteiger partial charge in [0.25, 0.3) is 5.69 Å². The van der Waals surface area contributed by atoms with Gasteiger partial charge in [-0.2, -0.15) is 18.2 Å². The molecule has 0 bridgehead atoms. The van der Waals surface area contributed by atoms with E-state index in [9.17, 15) is 36.5 Å².